The van der Waals surface area contributed by atoms with E-state index in [4.69, 9.17) is 9.47 Å². The molecule has 0 bridgehead atoms. The third-order valence-corrected chi connectivity index (χ3v) is 5.42. The van der Waals surface area contributed by atoms with E-state index in [-0.39, 0.29) is 6.71 Å². The summed E-state index contributed by atoms with van der Waals surface area (Å²) < 4.78 is 12.5. The molecule has 2 aliphatic rings. The second-order valence-corrected chi connectivity index (χ2v) is 6.93. The molecule has 0 aliphatic carbocycles. The van der Waals surface area contributed by atoms with E-state index in [0.717, 1.165) is 28.5 Å². The van der Waals surface area contributed by atoms with Gasteiger partial charge in [-0.2, -0.15) is 0 Å². The predicted molar refractivity (Wildman–Crippen MR) is 110 cm³/mol. The van der Waals surface area contributed by atoms with Crippen LogP contribution < -0.4 is 25.9 Å². The maximum absolute atomic E-state index is 6.32. The first-order chi connectivity index (χ1) is 13.4. The Bertz CT molecular complexity index is 1170. The van der Waals surface area contributed by atoms with Crippen molar-refractivity contribution in [2.24, 2.45) is 0 Å². The molecule has 0 amide bonds. The zero-order valence-corrected chi connectivity index (χ0v) is 14.6. The molecule has 0 fully saturated rings. The van der Waals surface area contributed by atoms with Crippen LogP contribution in [0, 0.1) is 0 Å². The monoisotopic (exact) mass is 346 g/mol. The Morgan fingerprint density at radius 2 is 1.07 bits per heavy atom. The van der Waals surface area contributed by atoms with Gasteiger partial charge in [-0.1, -0.05) is 66.7 Å². The summed E-state index contributed by atoms with van der Waals surface area (Å²) in [7, 11) is 0. The van der Waals surface area contributed by atoms with Gasteiger partial charge < -0.3 is 9.47 Å². The molecule has 0 radical (unpaired) electrons. The van der Waals surface area contributed by atoms with Crippen molar-refractivity contribution in [3.63, 3.8) is 0 Å². The van der Waals surface area contributed by atoms with E-state index >= 15 is 0 Å². The number of para-hydroxylation sites is 1. The van der Waals surface area contributed by atoms with E-state index in [1.807, 2.05) is 36.4 Å². The zero-order valence-electron chi connectivity index (χ0n) is 14.6. The van der Waals surface area contributed by atoms with Crippen LogP contribution in [0.25, 0.3) is 11.1 Å². The molecule has 0 saturated carbocycles. The highest BCUT2D eigenvalue weighted by Gasteiger charge is 2.41. The van der Waals surface area contributed by atoms with Gasteiger partial charge in [0, 0.05) is 5.46 Å². The fourth-order valence-electron chi connectivity index (χ4n) is 4.29. The molecule has 0 N–H and O–H groups in total. The van der Waals surface area contributed by atoms with Gasteiger partial charge in [0.25, 0.3) is 6.71 Å². The van der Waals surface area contributed by atoms with Gasteiger partial charge in [0.1, 0.15) is 23.0 Å². The Morgan fingerprint density at radius 1 is 0.481 bits per heavy atom. The summed E-state index contributed by atoms with van der Waals surface area (Å²) >= 11 is 0. The molecule has 0 atom stereocenters. The molecular weight excluding hydrogens is 331 g/mol. The normalized spacial score (nSPS) is 13.0. The van der Waals surface area contributed by atoms with E-state index < -0.39 is 0 Å². The zero-order chi connectivity index (χ0) is 17.8. The lowest BCUT2D eigenvalue weighted by atomic mass is 9.34. The lowest BCUT2D eigenvalue weighted by Gasteiger charge is -2.34. The van der Waals surface area contributed by atoms with Crippen LogP contribution in [0.3, 0.4) is 0 Å². The highest BCUT2D eigenvalue weighted by atomic mass is 16.5. The lowest BCUT2D eigenvalue weighted by Crippen LogP contribution is -2.57. The molecular formula is C24H15BO2. The Kier molecular flexibility index (Phi) is 3.00. The largest absolute Gasteiger partial charge is 0.458 e. The van der Waals surface area contributed by atoms with Crippen molar-refractivity contribution in [3.8, 4) is 34.1 Å². The topological polar surface area (TPSA) is 18.5 Å². The third kappa shape index (κ3) is 2.09. The fourth-order valence-corrected chi connectivity index (χ4v) is 4.29. The second kappa shape index (κ2) is 5.52. The van der Waals surface area contributed by atoms with E-state index in [2.05, 4.69) is 54.6 Å². The average Bonchev–Trinajstić information content (AvgIpc) is 2.74. The molecule has 27 heavy (non-hydrogen) atoms. The van der Waals surface area contributed by atoms with E-state index in [1.54, 1.807) is 0 Å². The average molecular weight is 346 g/mol. The molecule has 2 heterocycles. The molecule has 2 aliphatic heterocycles. The first kappa shape index (κ1) is 14.7. The number of hydrogen-bond donors (Lipinski definition) is 0. The van der Waals surface area contributed by atoms with Gasteiger partial charge in [-0.3, -0.25) is 0 Å². The van der Waals surface area contributed by atoms with Crippen LogP contribution in [0.2, 0.25) is 0 Å². The number of rotatable bonds is 1. The standard InChI is InChI=1S/C24H15BO2/c1-2-8-16(9-3-1)17-10-6-13-20-23(17)25-18-11-4-5-12-19(18)26-21-14-7-15-22(27-20)24(21)25/h1-15H. The number of ether oxygens (including phenoxy) is 2. The van der Waals surface area contributed by atoms with Gasteiger partial charge in [0.05, 0.1) is 0 Å². The fraction of sp³-hybridized carbons (Fsp3) is 0. The van der Waals surface area contributed by atoms with Gasteiger partial charge >= 0.3 is 0 Å². The molecule has 4 aromatic rings. The highest BCUT2D eigenvalue weighted by Crippen LogP contribution is 2.36. The van der Waals surface area contributed by atoms with Crippen LogP contribution in [-0.2, 0) is 0 Å². The van der Waals surface area contributed by atoms with Gasteiger partial charge in [-0.05, 0) is 46.3 Å². The Labute approximate surface area is 158 Å². The van der Waals surface area contributed by atoms with Crippen LogP contribution in [0.15, 0.2) is 91.0 Å². The van der Waals surface area contributed by atoms with Gasteiger partial charge in [-0.15, -0.1) is 0 Å². The van der Waals surface area contributed by atoms with Crippen LogP contribution >= 0.6 is 0 Å². The molecule has 0 spiro atoms. The van der Waals surface area contributed by atoms with E-state index in [0.29, 0.717) is 0 Å². The smallest absolute Gasteiger partial charge is 0.261 e. The number of benzene rings is 4. The van der Waals surface area contributed by atoms with Crippen molar-refractivity contribution in [2.75, 3.05) is 0 Å². The van der Waals surface area contributed by atoms with Gasteiger partial charge in [0.15, 0.2) is 0 Å². The van der Waals surface area contributed by atoms with E-state index in [1.165, 1.54) is 22.1 Å². The SMILES string of the molecule is c1ccc(-c2cccc3c2B2c4ccccc4Oc4cccc(c42)O3)cc1. The first-order valence-corrected chi connectivity index (χ1v) is 9.16. The minimum Gasteiger partial charge on any atom is -0.458 e. The van der Waals surface area contributed by atoms with Crippen LogP contribution in [0.5, 0.6) is 23.0 Å². The highest BCUT2D eigenvalue weighted by molar-refractivity contribution is 6.99. The summed E-state index contributed by atoms with van der Waals surface area (Å²) in [6, 6.07) is 31.2. The minimum atomic E-state index is 0.0984. The lowest BCUT2D eigenvalue weighted by molar-refractivity contribution is 0.464. The van der Waals surface area contributed by atoms with Crippen molar-refractivity contribution >= 4 is 23.1 Å². The van der Waals surface area contributed by atoms with Crippen LogP contribution in [0.1, 0.15) is 0 Å². The van der Waals surface area contributed by atoms with Crippen molar-refractivity contribution in [1.29, 1.82) is 0 Å². The summed E-state index contributed by atoms with van der Waals surface area (Å²) in [4.78, 5) is 0. The summed E-state index contributed by atoms with van der Waals surface area (Å²) in [6.45, 7) is 0.0984. The van der Waals surface area contributed by atoms with Crippen molar-refractivity contribution < 1.29 is 9.47 Å². The third-order valence-electron chi connectivity index (χ3n) is 5.42. The summed E-state index contributed by atoms with van der Waals surface area (Å²) in [5.41, 5.74) is 5.91. The van der Waals surface area contributed by atoms with Crippen LogP contribution in [-0.4, -0.2) is 6.71 Å². The summed E-state index contributed by atoms with van der Waals surface area (Å²) in [5, 5.41) is 0. The maximum Gasteiger partial charge on any atom is 0.261 e. The van der Waals surface area contributed by atoms with Crippen molar-refractivity contribution in [1.82, 2.24) is 0 Å². The van der Waals surface area contributed by atoms with Gasteiger partial charge in [0.2, 0.25) is 0 Å². The molecule has 4 aromatic carbocycles. The molecule has 0 unspecified atom stereocenters. The van der Waals surface area contributed by atoms with Crippen molar-refractivity contribution in [2.45, 2.75) is 0 Å². The molecule has 3 heteroatoms. The van der Waals surface area contributed by atoms with Gasteiger partial charge in [-0.25, -0.2) is 0 Å². The Balaban J connectivity index is 1.70. The summed E-state index contributed by atoms with van der Waals surface area (Å²) in [6.07, 6.45) is 0. The number of hydrogen-bond acceptors (Lipinski definition) is 2. The predicted octanol–water partition coefficient (Wildman–Crippen LogP) is 4.08. The summed E-state index contributed by atoms with van der Waals surface area (Å²) in [5.74, 6) is 3.60. The van der Waals surface area contributed by atoms with Crippen molar-refractivity contribution in [3.05, 3.63) is 91.0 Å². The molecule has 0 aromatic heterocycles. The Hall–Kier alpha value is -3.46. The minimum absolute atomic E-state index is 0.0984. The maximum atomic E-state index is 6.32. The number of fused-ring (bicyclic) bond motifs is 4. The second-order valence-electron chi connectivity index (χ2n) is 6.93. The Morgan fingerprint density at radius 3 is 1.89 bits per heavy atom. The molecule has 0 saturated heterocycles. The first-order valence-electron chi connectivity index (χ1n) is 9.16. The quantitative estimate of drug-likeness (QED) is 0.418. The molecule has 126 valence electrons. The van der Waals surface area contributed by atoms with Crippen LogP contribution in [0.4, 0.5) is 0 Å². The molecule has 2 nitrogen and oxygen atoms in total. The van der Waals surface area contributed by atoms with E-state index in [9.17, 15) is 0 Å². The molecule has 6 rings (SSSR count).